The molecule has 1 N–H and O–H groups in total. The number of rotatable bonds is 3. The van der Waals surface area contributed by atoms with Gasteiger partial charge >= 0.3 is 0 Å². The zero-order valence-corrected chi connectivity index (χ0v) is 12.7. The van der Waals surface area contributed by atoms with Crippen molar-refractivity contribution in [1.82, 2.24) is 9.88 Å². The highest BCUT2D eigenvalue weighted by atomic mass is 35.5. The van der Waals surface area contributed by atoms with Crippen molar-refractivity contribution in [2.75, 3.05) is 29.9 Å². The lowest BCUT2D eigenvalue weighted by molar-refractivity contribution is 0.0716. The van der Waals surface area contributed by atoms with Crippen LogP contribution in [0.2, 0.25) is 5.02 Å². The fraction of sp³-hybridized carbons (Fsp3) is 0.538. The molecule has 1 aromatic heterocycles. The summed E-state index contributed by atoms with van der Waals surface area (Å²) in [5.41, 5.74) is 0.534. The highest BCUT2D eigenvalue weighted by Gasteiger charge is 2.26. The van der Waals surface area contributed by atoms with E-state index < -0.39 is 0 Å². The van der Waals surface area contributed by atoms with Crippen LogP contribution in [0, 0.1) is 0 Å². The molecule has 0 radical (unpaired) electrons. The van der Waals surface area contributed by atoms with E-state index in [4.69, 9.17) is 11.6 Å². The molecule has 1 unspecified atom stereocenters. The summed E-state index contributed by atoms with van der Waals surface area (Å²) in [6, 6.07) is 1.99. The largest absolute Gasteiger partial charge is 0.370 e. The second-order valence-electron chi connectivity index (χ2n) is 4.50. The van der Waals surface area contributed by atoms with Gasteiger partial charge < -0.3 is 10.2 Å². The molecule has 1 fully saturated rings. The molecule has 0 spiro atoms. The molecule has 104 valence electrons. The summed E-state index contributed by atoms with van der Waals surface area (Å²) in [4.78, 5) is 18.6. The first kappa shape index (κ1) is 14.5. The number of anilines is 1. The number of halogens is 1. The minimum absolute atomic E-state index is 0.000599. The fourth-order valence-corrected chi connectivity index (χ4v) is 3.26. The summed E-state index contributed by atoms with van der Waals surface area (Å²) in [5.74, 6) is 2.65. The quantitative estimate of drug-likeness (QED) is 0.932. The summed E-state index contributed by atoms with van der Waals surface area (Å²) in [6.45, 7) is 5.60. The minimum Gasteiger partial charge on any atom is -0.370 e. The van der Waals surface area contributed by atoms with Gasteiger partial charge in [-0.2, -0.15) is 11.8 Å². The van der Waals surface area contributed by atoms with E-state index in [1.165, 1.54) is 6.20 Å². The average Bonchev–Trinajstić information content (AvgIpc) is 2.41. The molecule has 1 atom stereocenters. The Labute approximate surface area is 122 Å². The van der Waals surface area contributed by atoms with Crippen molar-refractivity contribution in [2.24, 2.45) is 0 Å². The number of nitrogens with zero attached hydrogens (tertiary/aromatic N) is 2. The van der Waals surface area contributed by atoms with Gasteiger partial charge in [-0.1, -0.05) is 11.6 Å². The van der Waals surface area contributed by atoms with Crippen molar-refractivity contribution < 1.29 is 4.79 Å². The summed E-state index contributed by atoms with van der Waals surface area (Å²) >= 11 is 8.00. The first-order chi connectivity index (χ1) is 9.13. The fourth-order valence-electron chi connectivity index (χ4n) is 2.06. The number of hydrogen-bond donors (Lipinski definition) is 1. The Bertz CT molecular complexity index is 469. The molecule has 2 rings (SSSR count). The van der Waals surface area contributed by atoms with Crippen LogP contribution in [0.1, 0.15) is 24.2 Å². The standard InChI is InChI=1S/C13H18ClN3OS/c1-3-15-12-6-10(11(14)7-16-12)13(18)17-4-5-19-8-9(17)2/h6-7,9H,3-5,8H2,1-2H3,(H,15,16). The van der Waals surface area contributed by atoms with E-state index in [2.05, 4.69) is 17.2 Å². The van der Waals surface area contributed by atoms with E-state index in [0.717, 1.165) is 24.6 Å². The van der Waals surface area contributed by atoms with Gasteiger partial charge in [0.1, 0.15) is 5.82 Å². The van der Waals surface area contributed by atoms with Gasteiger partial charge in [-0.3, -0.25) is 4.79 Å². The van der Waals surface area contributed by atoms with E-state index in [0.29, 0.717) is 16.4 Å². The van der Waals surface area contributed by atoms with Crippen LogP contribution >= 0.6 is 23.4 Å². The Hall–Kier alpha value is -0.940. The Morgan fingerprint density at radius 3 is 3.16 bits per heavy atom. The van der Waals surface area contributed by atoms with Crippen LogP contribution in [-0.4, -0.2) is 46.4 Å². The molecule has 6 heteroatoms. The number of pyridine rings is 1. The van der Waals surface area contributed by atoms with Crippen LogP contribution in [0.5, 0.6) is 0 Å². The van der Waals surface area contributed by atoms with Crippen molar-refractivity contribution in [2.45, 2.75) is 19.9 Å². The number of nitrogens with one attached hydrogen (secondary N) is 1. The first-order valence-corrected chi connectivity index (χ1v) is 7.95. The molecule has 1 aromatic rings. The van der Waals surface area contributed by atoms with Crippen molar-refractivity contribution in [3.05, 3.63) is 22.8 Å². The van der Waals surface area contributed by atoms with Gasteiger partial charge in [0.2, 0.25) is 0 Å². The summed E-state index contributed by atoms with van der Waals surface area (Å²) in [6.07, 6.45) is 1.54. The van der Waals surface area contributed by atoms with Crippen molar-refractivity contribution in [3.8, 4) is 0 Å². The number of aromatic nitrogens is 1. The van der Waals surface area contributed by atoms with Gasteiger partial charge in [-0.25, -0.2) is 4.98 Å². The third-order valence-electron chi connectivity index (χ3n) is 3.07. The number of amides is 1. The van der Waals surface area contributed by atoms with E-state index in [1.807, 2.05) is 23.6 Å². The van der Waals surface area contributed by atoms with Crippen molar-refractivity contribution >= 4 is 35.1 Å². The van der Waals surface area contributed by atoms with Crippen LogP contribution in [0.3, 0.4) is 0 Å². The molecule has 0 bridgehead atoms. The lowest BCUT2D eigenvalue weighted by Crippen LogP contribution is -2.44. The highest BCUT2D eigenvalue weighted by molar-refractivity contribution is 7.99. The van der Waals surface area contributed by atoms with Crippen molar-refractivity contribution in [3.63, 3.8) is 0 Å². The lowest BCUT2D eigenvalue weighted by atomic mass is 10.2. The van der Waals surface area contributed by atoms with Gasteiger partial charge in [0.05, 0.1) is 10.6 Å². The summed E-state index contributed by atoms with van der Waals surface area (Å²) in [5, 5.41) is 3.51. The van der Waals surface area contributed by atoms with Gasteiger partial charge in [-0.05, 0) is 19.9 Å². The van der Waals surface area contributed by atoms with E-state index in [-0.39, 0.29) is 11.9 Å². The SMILES string of the molecule is CCNc1cc(C(=O)N2CCSCC2C)c(Cl)cn1. The molecule has 1 aliphatic rings. The van der Waals surface area contributed by atoms with Crippen molar-refractivity contribution in [1.29, 1.82) is 0 Å². The Morgan fingerprint density at radius 1 is 1.68 bits per heavy atom. The number of carbonyl (C=O) groups is 1. The number of hydrogen-bond acceptors (Lipinski definition) is 4. The Morgan fingerprint density at radius 2 is 2.47 bits per heavy atom. The number of thioether (sulfide) groups is 1. The molecule has 19 heavy (non-hydrogen) atoms. The molecule has 0 saturated carbocycles. The number of carbonyl (C=O) groups excluding carboxylic acids is 1. The third-order valence-corrected chi connectivity index (χ3v) is 4.56. The predicted molar refractivity (Wildman–Crippen MR) is 81.2 cm³/mol. The van der Waals surface area contributed by atoms with Gasteiger partial charge in [0.15, 0.2) is 0 Å². The maximum atomic E-state index is 12.6. The Kier molecular flexibility index (Phi) is 4.93. The zero-order valence-electron chi connectivity index (χ0n) is 11.1. The first-order valence-electron chi connectivity index (χ1n) is 6.41. The molecule has 1 aliphatic heterocycles. The molecular weight excluding hydrogens is 282 g/mol. The van der Waals surface area contributed by atoms with Crippen LogP contribution in [-0.2, 0) is 0 Å². The van der Waals surface area contributed by atoms with Crippen LogP contribution < -0.4 is 5.32 Å². The molecule has 1 saturated heterocycles. The predicted octanol–water partition coefficient (Wildman–Crippen LogP) is 2.74. The molecule has 1 amide bonds. The summed E-state index contributed by atoms with van der Waals surface area (Å²) < 4.78 is 0. The second-order valence-corrected chi connectivity index (χ2v) is 6.06. The average molecular weight is 300 g/mol. The van der Waals surface area contributed by atoms with E-state index in [1.54, 1.807) is 6.07 Å². The van der Waals surface area contributed by atoms with Gasteiger partial charge in [-0.15, -0.1) is 0 Å². The normalized spacial score (nSPS) is 19.3. The van der Waals surface area contributed by atoms with Gasteiger partial charge in [0, 0.05) is 36.8 Å². The third kappa shape index (κ3) is 3.34. The second kappa shape index (κ2) is 6.48. The topological polar surface area (TPSA) is 45.2 Å². The zero-order chi connectivity index (χ0) is 13.8. The maximum absolute atomic E-state index is 12.6. The van der Waals surface area contributed by atoms with Crippen LogP contribution in [0.25, 0.3) is 0 Å². The highest BCUT2D eigenvalue weighted by Crippen LogP contribution is 2.23. The van der Waals surface area contributed by atoms with Crippen LogP contribution in [0.4, 0.5) is 5.82 Å². The summed E-state index contributed by atoms with van der Waals surface area (Å²) in [7, 11) is 0. The maximum Gasteiger partial charge on any atom is 0.255 e. The minimum atomic E-state index is -0.000599. The molecule has 4 nitrogen and oxygen atoms in total. The molecule has 0 aromatic carbocycles. The molecule has 0 aliphatic carbocycles. The smallest absolute Gasteiger partial charge is 0.255 e. The van der Waals surface area contributed by atoms with Crippen LogP contribution in [0.15, 0.2) is 12.3 Å². The Balaban J connectivity index is 2.24. The van der Waals surface area contributed by atoms with E-state index >= 15 is 0 Å². The van der Waals surface area contributed by atoms with Gasteiger partial charge in [0.25, 0.3) is 5.91 Å². The molecule has 2 heterocycles. The van der Waals surface area contributed by atoms with E-state index in [9.17, 15) is 4.79 Å². The monoisotopic (exact) mass is 299 g/mol. The molecular formula is C13H18ClN3OS. The lowest BCUT2D eigenvalue weighted by Gasteiger charge is -2.33.